The maximum absolute atomic E-state index is 6.12. The summed E-state index contributed by atoms with van der Waals surface area (Å²) in [5, 5.41) is 0.701. The topological polar surface area (TPSA) is 9.23 Å². The van der Waals surface area contributed by atoms with E-state index in [1.807, 2.05) is 24.3 Å². The quantitative estimate of drug-likeness (QED) is 0.583. The molecule has 1 nitrogen and oxygen atoms in total. The van der Waals surface area contributed by atoms with Gasteiger partial charge in [0, 0.05) is 9.50 Å². The maximum Gasteiger partial charge on any atom is 0.124 e. The Morgan fingerprint density at radius 3 is 2.55 bits per heavy atom. The number of rotatable bonds is 6. The molecule has 2 aromatic carbocycles. The Balaban J connectivity index is 2.16. The van der Waals surface area contributed by atoms with Crippen molar-refractivity contribution in [1.82, 2.24) is 0 Å². The zero-order valence-electron chi connectivity index (χ0n) is 11.5. The molecule has 0 heterocycles. The third-order valence-corrected chi connectivity index (χ3v) is 3.90. The summed E-state index contributed by atoms with van der Waals surface area (Å²) in [5.74, 6) is 0.821. The van der Waals surface area contributed by atoms with Crippen LogP contribution in [0.3, 0.4) is 0 Å². The molecule has 0 aliphatic rings. The number of unbranched alkanes of at least 4 members (excludes halogenated alkanes) is 1. The number of ether oxygens (including phenoxy) is 1. The van der Waals surface area contributed by atoms with Gasteiger partial charge in [-0.25, -0.2) is 0 Å². The molecule has 0 saturated heterocycles. The summed E-state index contributed by atoms with van der Waals surface area (Å²) in [4.78, 5) is 0. The second kappa shape index (κ2) is 7.70. The van der Waals surface area contributed by atoms with E-state index >= 15 is 0 Å². The van der Waals surface area contributed by atoms with Gasteiger partial charge in [0.05, 0.1) is 0 Å². The standard InChI is InChI=1S/C17H18BrClO/c1-2-3-7-17(13-8-10-14(18)11-9-13)20-16-6-4-5-15(19)12-16/h4-6,8-12,17H,2-3,7H2,1H3. The molecule has 106 valence electrons. The molecule has 0 radical (unpaired) electrons. The lowest BCUT2D eigenvalue weighted by Crippen LogP contribution is -2.07. The number of hydrogen-bond donors (Lipinski definition) is 0. The average Bonchev–Trinajstić information content (AvgIpc) is 2.44. The SMILES string of the molecule is CCCCC(Oc1cccc(Cl)c1)c1ccc(Br)cc1. The van der Waals surface area contributed by atoms with Crippen LogP contribution in [0.2, 0.25) is 5.02 Å². The van der Waals surface area contributed by atoms with Crippen LogP contribution < -0.4 is 4.74 Å². The van der Waals surface area contributed by atoms with E-state index < -0.39 is 0 Å². The van der Waals surface area contributed by atoms with Crippen LogP contribution in [0.25, 0.3) is 0 Å². The zero-order chi connectivity index (χ0) is 14.4. The van der Waals surface area contributed by atoms with Crippen molar-refractivity contribution in [1.29, 1.82) is 0 Å². The normalized spacial score (nSPS) is 12.2. The fourth-order valence-electron chi connectivity index (χ4n) is 2.07. The Bertz CT molecular complexity index is 539. The molecule has 0 N–H and O–H groups in total. The largest absolute Gasteiger partial charge is 0.486 e. The van der Waals surface area contributed by atoms with Gasteiger partial charge < -0.3 is 4.74 Å². The molecule has 2 rings (SSSR count). The van der Waals surface area contributed by atoms with Crippen molar-refractivity contribution < 1.29 is 4.74 Å². The lowest BCUT2D eigenvalue weighted by Gasteiger charge is -2.20. The van der Waals surface area contributed by atoms with Gasteiger partial charge in [-0.15, -0.1) is 0 Å². The Labute approximate surface area is 134 Å². The molecule has 1 atom stereocenters. The van der Waals surface area contributed by atoms with Crippen molar-refractivity contribution in [3.63, 3.8) is 0 Å². The second-order valence-electron chi connectivity index (χ2n) is 4.76. The third-order valence-electron chi connectivity index (χ3n) is 3.14. The van der Waals surface area contributed by atoms with Gasteiger partial charge in [0.15, 0.2) is 0 Å². The van der Waals surface area contributed by atoms with Gasteiger partial charge in [-0.1, -0.05) is 59.1 Å². The van der Waals surface area contributed by atoms with Crippen molar-refractivity contribution in [2.24, 2.45) is 0 Å². The van der Waals surface area contributed by atoms with E-state index in [2.05, 4.69) is 47.1 Å². The number of halogens is 2. The molecule has 0 bridgehead atoms. The van der Waals surface area contributed by atoms with Crippen LogP contribution in [0, 0.1) is 0 Å². The Hall–Kier alpha value is -0.990. The van der Waals surface area contributed by atoms with Gasteiger partial charge in [-0.05, 0) is 48.7 Å². The van der Waals surface area contributed by atoms with Gasteiger partial charge in [0.1, 0.15) is 11.9 Å². The van der Waals surface area contributed by atoms with E-state index in [1.54, 1.807) is 0 Å². The van der Waals surface area contributed by atoms with Crippen LogP contribution in [-0.2, 0) is 0 Å². The van der Waals surface area contributed by atoms with Crippen LogP contribution >= 0.6 is 27.5 Å². The zero-order valence-corrected chi connectivity index (χ0v) is 13.8. The van der Waals surface area contributed by atoms with E-state index in [1.165, 1.54) is 5.56 Å². The van der Waals surface area contributed by atoms with Crippen molar-refractivity contribution in [2.75, 3.05) is 0 Å². The second-order valence-corrected chi connectivity index (χ2v) is 6.11. The van der Waals surface area contributed by atoms with E-state index in [0.717, 1.165) is 29.5 Å². The Morgan fingerprint density at radius 1 is 1.15 bits per heavy atom. The van der Waals surface area contributed by atoms with E-state index in [9.17, 15) is 0 Å². The summed E-state index contributed by atoms with van der Waals surface area (Å²) in [6.07, 6.45) is 3.37. The molecule has 0 fully saturated rings. The highest BCUT2D eigenvalue weighted by atomic mass is 79.9. The minimum atomic E-state index is 0.0708. The Morgan fingerprint density at radius 2 is 1.90 bits per heavy atom. The van der Waals surface area contributed by atoms with Gasteiger partial charge in [-0.3, -0.25) is 0 Å². The molecule has 0 spiro atoms. The number of benzene rings is 2. The van der Waals surface area contributed by atoms with Crippen LogP contribution in [0.4, 0.5) is 0 Å². The first-order valence-electron chi connectivity index (χ1n) is 6.86. The average molecular weight is 354 g/mol. The first-order valence-corrected chi connectivity index (χ1v) is 8.04. The highest BCUT2D eigenvalue weighted by Crippen LogP contribution is 2.28. The molecule has 0 aliphatic heterocycles. The lowest BCUT2D eigenvalue weighted by atomic mass is 10.0. The third kappa shape index (κ3) is 4.53. The molecular formula is C17H18BrClO. The molecule has 0 aromatic heterocycles. The first-order chi connectivity index (χ1) is 9.69. The van der Waals surface area contributed by atoms with E-state index in [-0.39, 0.29) is 6.10 Å². The van der Waals surface area contributed by atoms with Gasteiger partial charge in [0.25, 0.3) is 0 Å². The molecule has 0 amide bonds. The van der Waals surface area contributed by atoms with Crippen molar-refractivity contribution in [3.8, 4) is 5.75 Å². The summed E-state index contributed by atoms with van der Waals surface area (Å²) < 4.78 is 7.21. The predicted molar refractivity (Wildman–Crippen MR) is 88.5 cm³/mol. The maximum atomic E-state index is 6.12. The van der Waals surface area contributed by atoms with E-state index in [4.69, 9.17) is 16.3 Å². The molecule has 0 saturated carbocycles. The predicted octanol–water partition coefficient (Wildman–Crippen LogP) is 6.41. The molecule has 2 aromatic rings. The molecule has 1 unspecified atom stereocenters. The van der Waals surface area contributed by atoms with Crippen molar-refractivity contribution in [2.45, 2.75) is 32.3 Å². The number of hydrogen-bond acceptors (Lipinski definition) is 1. The van der Waals surface area contributed by atoms with Crippen molar-refractivity contribution >= 4 is 27.5 Å². The summed E-state index contributed by atoms with van der Waals surface area (Å²) in [6, 6.07) is 15.9. The van der Waals surface area contributed by atoms with Crippen LogP contribution in [-0.4, -0.2) is 0 Å². The minimum absolute atomic E-state index is 0.0708. The van der Waals surface area contributed by atoms with Crippen LogP contribution in [0.5, 0.6) is 5.75 Å². The summed E-state index contributed by atoms with van der Waals surface area (Å²) >= 11 is 9.48. The molecular weight excluding hydrogens is 336 g/mol. The fraction of sp³-hybridized carbons (Fsp3) is 0.294. The van der Waals surface area contributed by atoms with Crippen molar-refractivity contribution in [3.05, 3.63) is 63.6 Å². The van der Waals surface area contributed by atoms with Crippen LogP contribution in [0.1, 0.15) is 37.9 Å². The van der Waals surface area contributed by atoms with Crippen LogP contribution in [0.15, 0.2) is 53.0 Å². The smallest absolute Gasteiger partial charge is 0.124 e. The summed E-state index contributed by atoms with van der Waals surface area (Å²) in [7, 11) is 0. The highest BCUT2D eigenvalue weighted by molar-refractivity contribution is 9.10. The summed E-state index contributed by atoms with van der Waals surface area (Å²) in [6.45, 7) is 2.19. The molecule has 20 heavy (non-hydrogen) atoms. The minimum Gasteiger partial charge on any atom is -0.486 e. The first kappa shape index (κ1) is 15.4. The monoisotopic (exact) mass is 352 g/mol. The van der Waals surface area contributed by atoms with Gasteiger partial charge in [-0.2, -0.15) is 0 Å². The lowest BCUT2D eigenvalue weighted by molar-refractivity contribution is 0.191. The van der Waals surface area contributed by atoms with E-state index in [0.29, 0.717) is 5.02 Å². The Kier molecular flexibility index (Phi) is 5.93. The highest BCUT2D eigenvalue weighted by Gasteiger charge is 2.13. The van der Waals surface area contributed by atoms with Gasteiger partial charge in [0.2, 0.25) is 0 Å². The molecule has 0 aliphatic carbocycles. The van der Waals surface area contributed by atoms with Gasteiger partial charge >= 0.3 is 0 Å². The molecule has 3 heteroatoms. The summed E-state index contributed by atoms with van der Waals surface area (Å²) in [5.41, 5.74) is 1.20. The fourth-order valence-corrected chi connectivity index (χ4v) is 2.51.